The molecule has 4 aliphatic rings. The number of amides is 2. The molecule has 58 heavy (non-hydrogen) atoms. The van der Waals surface area contributed by atoms with Crippen molar-refractivity contribution in [3.05, 3.63) is 66.3 Å². The average molecular weight is 804 g/mol. The van der Waals surface area contributed by atoms with Gasteiger partial charge in [0.25, 0.3) is 0 Å². The van der Waals surface area contributed by atoms with Gasteiger partial charge in [-0.1, -0.05) is 37.1 Å². The van der Waals surface area contributed by atoms with Crippen LogP contribution in [0.4, 0.5) is 10.5 Å². The van der Waals surface area contributed by atoms with E-state index in [4.69, 9.17) is 33.7 Å². The van der Waals surface area contributed by atoms with Crippen LogP contribution in [-0.2, 0) is 14.4 Å². The molecule has 2 aromatic rings. The Labute approximate surface area is 342 Å². The van der Waals surface area contributed by atoms with Crippen molar-refractivity contribution in [2.45, 2.75) is 95.8 Å². The molecule has 0 saturated heterocycles. The van der Waals surface area contributed by atoms with E-state index < -0.39 is 23.8 Å². The molecule has 6 atom stereocenters. The number of aliphatic hydroxyl groups excluding tert-OH is 2. The van der Waals surface area contributed by atoms with E-state index in [2.05, 4.69) is 24.9 Å². The van der Waals surface area contributed by atoms with Gasteiger partial charge in [0.2, 0.25) is 11.7 Å². The lowest BCUT2D eigenvalue weighted by Gasteiger charge is -2.60. The van der Waals surface area contributed by atoms with Crippen molar-refractivity contribution in [3.8, 4) is 23.0 Å². The molecule has 1 aliphatic heterocycles. The molecule has 0 radical (unpaired) electrons. The van der Waals surface area contributed by atoms with Crippen LogP contribution in [0.25, 0.3) is 0 Å². The molecule has 13 heteroatoms. The fraction of sp³-hybridized carbons (Fsp3) is 0.578. The molecule has 0 unspecified atom stereocenters. The minimum Gasteiger partial charge on any atom is -0.497 e. The summed E-state index contributed by atoms with van der Waals surface area (Å²) >= 11 is 0. The standard InChI is InChI=1S/C45H61N3O10/c1-6-21-48(43(51)29-15-16-29)40-28-37(47-56-8-3)34-25-30(13-9-11-22-49)33(14-10-12-23-50)41-35-26-32(18-20-38(35)58-45(40,42(34)41)55-24-7-2)57-44(52)46-36-19-17-31(53-4)27-39(36)54-5/h7,17-20,25-27,29-30,33,40-42,49-50H,2,6,8-16,21-24,28H2,1,3-5H3,(H,46,52)/t30-,33+,40-,41+,42+,45+/m0/s1. The molecule has 316 valence electrons. The minimum atomic E-state index is -1.32. The number of fused-ring (bicyclic) bond motifs is 2. The second-order valence-electron chi connectivity index (χ2n) is 15.6. The number of allylic oxidation sites excluding steroid dienone is 1. The molecule has 0 spiro atoms. The molecule has 3 N–H and O–H groups in total. The van der Waals surface area contributed by atoms with Crippen molar-refractivity contribution in [3.63, 3.8) is 0 Å². The second-order valence-corrected chi connectivity index (χ2v) is 15.6. The smallest absolute Gasteiger partial charge is 0.417 e. The Morgan fingerprint density at radius 2 is 1.78 bits per heavy atom. The molecule has 1 heterocycles. The first kappa shape index (κ1) is 43.0. The summed E-state index contributed by atoms with van der Waals surface area (Å²) in [4.78, 5) is 35.5. The maximum atomic E-state index is 14.3. The molecule has 0 aromatic heterocycles. The van der Waals surface area contributed by atoms with Crippen LogP contribution in [0.3, 0.4) is 0 Å². The van der Waals surface area contributed by atoms with Gasteiger partial charge in [0.1, 0.15) is 35.6 Å². The number of hydrogen-bond acceptors (Lipinski definition) is 11. The van der Waals surface area contributed by atoms with E-state index in [1.54, 1.807) is 37.5 Å². The van der Waals surface area contributed by atoms with Gasteiger partial charge in [0, 0.05) is 49.6 Å². The number of nitrogens with zero attached hydrogens (tertiary/aromatic N) is 2. The first-order valence-electron chi connectivity index (χ1n) is 21.0. The monoisotopic (exact) mass is 803 g/mol. The number of aliphatic hydroxyl groups is 2. The second kappa shape index (κ2) is 19.9. The fourth-order valence-corrected chi connectivity index (χ4v) is 9.22. The van der Waals surface area contributed by atoms with E-state index in [1.807, 2.05) is 24.0 Å². The molecular weight excluding hydrogens is 743 g/mol. The predicted octanol–water partition coefficient (Wildman–Crippen LogP) is 7.62. The summed E-state index contributed by atoms with van der Waals surface area (Å²) in [5.74, 6) is 0.0754. The number of hydrogen-bond donors (Lipinski definition) is 3. The summed E-state index contributed by atoms with van der Waals surface area (Å²) in [5.41, 5.74) is 3.00. The van der Waals surface area contributed by atoms with Gasteiger partial charge in [-0.3, -0.25) is 10.1 Å². The summed E-state index contributed by atoms with van der Waals surface area (Å²) in [5, 5.41) is 27.3. The summed E-state index contributed by atoms with van der Waals surface area (Å²) in [7, 11) is 3.07. The van der Waals surface area contributed by atoms with Crippen LogP contribution in [0.1, 0.15) is 89.5 Å². The summed E-state index contributed by atoms with van der Waals surface area (Å²) < 4.78 is 31.0. The number of oxime groups is 1. The molecule has 3 aliphatic carbocycles. The van der Waals surface area contributed by atoms with E-state index in [1.165, 1.54) is 7.11 Å². The third kappa shape index (κ3) is 9.16. The summed E-state index contributed by atoms with van der Waals surface area (Å²) in [6.07, 6.45) is 10.7. The number of anilines is 1. The highest BCUT2D eigenvalue weighted by atomic mass is 16.7. The van der Waals surface area contributed by atoms with Gasteiger partial charge in [-0.15, -0.1) is 6.58 Å². The molecular formula is C45H61N3O10. The van der Waals surface area contributed by atoms with Gasteiger partial charge in [-0.25, -0.2) is 4.79 Å². The summed E-state index contributed by atoms with van der Waals surface area (Å²) in [6.45, 7) is 9.25. The van der Waals surface area contributed by atoms with Gasteiger partial charge in [-0.2, -0.15) is 0 Å². The Morgan fingerprint density at radius 1 is 1.02 bits per heavy atom. The van der Waals surface area contributed by atoms with Gasteiger partial charge in [-0.05, 0) is 99.6 Å². The number of carbonyl (C=O) groups excluding carboxylic acids is 2. The van der Waals surface area contributed by atoms with Crippen LogP contribution in [-0.4, -0.2) is 91.8 Å². The highest BCUT2D eigenvalue weighted by molar-refractivity contribution is 6.03. The first-order valence-corrected chi connectivity index (χ1v) is 21.0. The highest BCUT2D eigenvalue weighted by Gasteiger charge is 2.65. The van der Waals surface area contributed by atoms with E-state index in [9.17, 15) is 19.8 Å². The molecule has 2 saturated carbocycles. The van der Waals surface area contributed by atoms with Gasteiger partial charge < -0.3 is 43.6 Å². The van der Waals surface area contributed by atoms with Gasteiger partial charge >= 0.3 is 6.09 Å². The Morgan fingerprint density at radius 3 is 2.45 bits per heavy atom. The zero-order valence-electron chi connectivity index (χ0n) is 34.5. The first-order chi connectivity index (χ1) is 28.3. The van der Waals surface area contributed by atoms with Crippen molar-refractivity contribution in [1.29, 1.82) is 0 Å². The van der Waals surface area contributed by atoms with Crippen LogP contribution in [0, 0.1) is 23.7 Å². The number of benzene rings is 2. The van der Waals surface area contributed by atoms with Crippen LogP contribution in [0.5, 0.6) is 23.0 Å². The van der Waals surface area contributed by atoms with Crippen molar-refractivity contribution >= 4 is 23.4 Å². The zero-order chi connectivity index (χ0) is 41.2. The maximum Gasteiger partial charge on any atom is 0.417 e. The molecule has 13 nitrogen and oxygen atoms in total. The Hall–Kier alpha value is -4.59. The number of ether oxygens (including phenoxy) is 5. The Balaban J connectivity index is 1.51. The summed E-state index contributed by atoms with van der Waals surface area (Å²) in [6, 6.07) is 9.97. The quantitative estimate of drug-likeness (QED) is 0.0652. The number of nitrogens with one attached hydrogen (secondary N) is 1. The lowest BCUT2D eigenvalue weighted by molar-refractivity contribution is -0.257. The lowest BCUT2D eigenvalue weighted by atomic mass is 9.55. The fourth-order valence-electron chi connectivity index (χ4n) is 9.22. The zero-order valence-corrected chi connectivity index (χ0v) is 34.5. The van der Waals surface area contributed by atoms with Gasteiger partial charge in [0.05, 0.1) is 38.1 Å². The molecule has 2 aromatic carbocycles. The average Bonchev–Trinajstić information content (AvgIpc) is 4.09. The van der Waals surface area contributed by atoms with Crippen LogP contribution in [0.2, 0.25) is 0 Å². The van der Waals surface area contributed by atoms with Crippen molar-refractivity contribution < 1.29 is 48.3 Å². The molecule has 2 amide bonds. The Bertz CT molecular complexity index is 1810. The number of rotatable bonds is 21. The maximum absolute atomic E-state index is 14.3. The molecule has 2 fully saturated rings. The largest absolute Gasteiger partial charge is 0.497 e. The number of methoxy groups -OCH3 is 2. The Kier molecular flexibility index (Phi) is 14.8. The van der Waals surface area contributed by atoms with E-state index in [0.29, 0.717) is 61.1 Å². The lowest BCUT2D eigenvalue weighted by Crippen LogP contribution is -2.70. The molecule has 6 rings (SSSR count). The van der Waals surface area contributed by atoms with Crippen molar-refractivity contribution in [1.82, 2.24) is 4.90 Å². The topological polar surface area (TPSA) is 158 Å². The van der Waals surface area contributed by atoms with Crippen LogP contribution >= 0.6 is 0 Å². The molecule has 0 bridgehead atoms. The number of unbranched alkanes of at least 4 members (excludes halogenated alkanes) is 2. The highest BCUT2D eigenvalue weighted by Crippen LogP contribution is 2.62. The SMILES string of the molecule is C=CCO[C@@]12Oc3ccc(OC(=O)Nc4ccc(OC)cc4OC)cc3[C@H]3[C@H](CCCCO)[C@@H](CCCCO)C=C(C(=NOCC)C[C@@H]1N(CCC)C(=O)C1CC1)[C@H]32. The van der Waals surface area contributed by atoms with Crippen molar-refractivity contribution in [2.24, 2.45) is 28.8 Å². The van der Waals surface area contributed by atoms with Crippen LogP contribution < -0.4 is 24.3 Å². The normalized spacial score (nSPS) is 25.0. The third-order valence-electron chi connectivity index (χ3n) is 11.9. The van der Waals surface area contributed by atoms with Crippen LogP contribution in [0.15, 0.2) is 65.9 Å². The van der Waals surface area contributed by atoms with Gasteiger partial charge in [0.15, 0.2) is 0 Å². The third-order valence-corrected chi connectivity index (χ3v) is 11.9. The van der Waals surface area contributed by atoms with E-state index >= 15 is 0 Å². The van der Waals surface area contributed by atoms with E-state index in [-0.39, 0.29) is 49.4 Å². The predicted molar refractivity (Wildman–Crippen MR) is 221 cm³/mol. The van der Waals surface area contributed by atoms with E-state index in [0.717, 1.165) is 61.8 Å². The van der Waals surface area contributed by atoms with Crippen molar-refractivity contribution in [2.75, 3.05) is 52.5 Å². The minimum absolute atomic E-state index is 0.0314. The number of carbonyl (C=O) groups is 2.